The Morgan fingerprint density at radius 1 is 1.00 bits per heavy atom. The van der Waals surface area contributed by atoms with E-state index >= 15 is 0 Å². The molecule has 170 valence electrons. The molecule has 2 aliphatic rings. The largest absolute Gasteiger partial charge is 0.342 e. The predicted molar refractivity (Wildman–Crippen MR) is 122 cm³/mol. The minimum Gasteiger partial charge on any atom is -0.342 e. The summed E-state index contributed by atoms with van der Waals surface area (Å²) in [4.78, 5) is 24.0. The summed E-state index contributed by atoms with van der Waals surface area (Å²) in [5.41, 5.74) is 1.76. The van der Waals surface area contributed by atoms with Gasteiger partial charge >= 0.3 is 0 Å². The molecule has 0 radical (unpaired) electrons. The average molecular weight is 428 g/mol. The zero-order valence-electron chi connectivity index (χ0n) is 19.8. The van der Waals surface area contributed by atoms with Crippen molar-refractivity contribution >= 4 is 17.5 Å². The van der Waals surface area contributed by atoms with Crippen LogP contribution in [0.15, 0.2) is 12.4 Å². The minimum atomic E-state index is -0.259. The topological polar surface area (TPSA) is 87.4 Å². The molecule has 2 fully saturated rings. The van der Waals surface area contributed by atoms with Gasteiger partial charge in [-0.25, -0.2) is 9.97 Å². The van der Waals surface area contributed by atoms with E-state index in [1.54, 1.807) is 4.52 Å². The van der Waals surface area contributed by atoms with Crippen molar-refractivity contribution in [1.29, 1.82) is 0 Å². The van der Waals surface area contributed by atoms with Crippen LogP contribution in [0.25, 0.3) is 5.65 Å². The van der Waals surface area contributed by atoms with Gasteiger partial charge in [0.15, 0.2) is 5.65 Å². The van der Waals surface area contributed by atoms with Gasteiger partial charge in [-0.1, -0.05) is 20.8 Å². The third kappa shape index (κ3) is 4.84. The zero-order valence-corrected chi connectivity index (χ0v) is 19.8. The molecule has 2 N–H and O–H groups in total. The van der Waals surface area contributed by atoms with E-state index in [1.807, 2.05) is 6.07 Å². The molecule has 8 heteroatoms. The highest BCUT2D eigenvalue weighted by molar-refractivity contribution is 5.86. The Kier molecular flexibility index (Phi) is 5.70. The van der Waals surface area contributed by atoms with E-state index in [9.17, 15) is 4.79 Å². The van der Waals surface area contributed by atoms with Gasteiger partial charge in [0.1, 0.15) is 12.4 Å². The summed E-state index contributed by atoms with van der Waals surface area (Å²) < 4.78 is 1.72. The van der Waals surface area contributed by atoms with Gasteiger partial charge in [0.05, 0.1) is 5.69 Å². The van der Waals surface area contributed by atoms with Crippen molar-refractivity contribution in [1.82, 2.24) is 29.8 Å². The first kappa shape index (κ1) is 22.0. The second-order valence-electron chi connectivity index (χ2n) is 11.2. The van der Waals surface area contributed by atoms with Crippen LogP contribution in [-0.4, -0.2) is 60.6 Å². The Morgan fingerprint density at radius 3 is 2.35 bits per heavy atom. The molecule has 1 amide bonds. The minimum absolute atomic E-state index is 0.0777. The molecule has 1 saturated heterocycles. The maximum absolute atomic E-state index is 13.2. The Morgan fingerprint density at radius 2 is 1.71 bits per heavy atom. The van der Waals surface area contributed by atoms with E-state index in [2.05, 4.69) is 67.0 Å². The van der Waals surface area contributed by atoms with Gasteiger partial charge < -0.3 is 15.5 Å². The molecule has 1 unspecified atom stereocenters. The number of anilines is 1. The van der Waals surface area contributed by atoms with E-state index in [0.717, 1.165) is 50.0 Å². The van der Waals surface area contributed by atoms with Crippen LogP contribution in [0.4, 0.5) is 5.95 Å². The van der Waals surface area contributed by atoms with Gasteiger partial charge in [-0.15, -0.1) is 0 Å². The highest BCUT2D eigenvalue weighted by Gasteiger charge is 2.38. The molecular formula is C23H37N7O. The fraction of sp³-hybridized carbons (Fsp3) is 0.739. The molecule has 1 saturated carbocycles. The second kappa shape index (κ2) is 8.04. The average Bonchev–Trinajstić information content (AvgIpc) is 3.26. The van der Waals surface area contributed by atoms with E-state index < -0.39 is 0 Å². The summed E-state index contributed by atoms with van der Waals surface area (Å²) in [6.07, 6.45) is 6.71. The summed E-state index contributed by atoms with van der Waals surface area (Å²) >= 11 is 0. The van der Waals surface area contributed by atoms with Gasteiger partial charge in [-0.05, 0) is 52.9 Å². The fourth-order valence-electron chi connectivity index (χ4n) is 4.78. The number of hydrogen-bond donors (Lipinski definition) is 2. The summed E-state index contributed by atoms with van der Waals surface area (Å²) in [5.74, 6) is 0.765. The second-order valence-corrected chi connectivity index (χ2v) is 11.2. The standard InChI is InChI=1S/C23H37N7O/c1-22(2,3)18-13-19-24-14-25-21(30(19)28-18)26-17-11-12-29(20(17)31)16-9-7-15(8-10-16)27-23(4,5)6/h13-17,27H,7-12H2,1-6H3,(H,24,25,26). The van der Waals surface area contributed by atoms with Crippen molar-refractivity contribution in [2.75, 3.05) is 11.9 Å². The van der Waals surface area contributed by atoms with Gasteiger partial charge in [-0.2, -0.15) is 9.61 Å². The Hall–Kier alpha value is -2.22. The van der Waals surface area contributed by atoms with Crippen LogP contribution >= 0.6 is 0 Å². The van der Waals surface area contributed by atoms with Crippen molar-refractivity contribution in [2.24, 2.45) is 0 Å². The number of carbonyl (C=O) groups is 1. The summed E-state index contributed by atoms with van der Waals surface area (Å²) in [5, 5.41) is 11.8. The van der Waals surface area contributed by atoms with Crippen LogP contribution < -0.4 is 10.6 Å². The quantitative estimate of drug-likeness (QED) is 0.779. The predicted octanol–water partition coefficient (Wildman–Crippen LogP) is 3.13. The molecule has 0 bridgehead atoms. The van der Waals surface area contributed by atoms with Crippen LogP contribution in [0.3, 0.4) is 0 Å². The van der Waals surface area contributed by atoms with Crippen LogP contribution in [0.5, 0.6) is 0 Å². The highest BCUT2D eigenvalue weighted by Crippen LogP contribution is 2.29. The fourth-order valence-corrected chi connectivity index (χ4v) is 4.78. The van der Waals surface area contributed by atoms with E-state index in [1.165, 1.54) is 6.33 Å². The third-order valence-electron chi connectivity index (χ3n) is 6.35. The van der Waals surface area contributed by atoms with Crippen molar-refractivity contribution in [3.63, 3.8) is 0 Å². The molecule has 2 aromatic rings. The number of carbonyl (C=O) groups excluding carboxylic acids is 1. The first-order valence-corrected chi connectivity index (χ1v) is 11.6. The lowest BCUT2D eigenvalue weighted by atomic mass is 9.89. The lowest BCUT2D eigenvalue weighted by Gasteiger charge is -2.37. The molecule has 2 aromatic heterocycles. The Balaban J connectivity index is 1.41. The van der Waals surface area contributed by atoms with Crippen LogP contribution in [-0.2, 0) is 10.2 Å². The van der Waals surface area contributed by atoms with Gasteiger partial charge in [0, 0.05) is 35.6 Å². The normalized spacial score (nSPS) is 25.4. The third-order valence-corrected chi connectivity index (χ3v) is 6.35. The molecule has 1 aliphatic heterocycles. The monoisotopic (exact) mass is 427 g/mol. The molecule has 3 heterocycles. The first-order chi connectivity index (χ1) is 14.5. The number of amides is 1. The maximum Gasteiger partial charge on any atom is 0.245 e. The smallest absolute Gasteiger partial charge is 0.245 e. The number of hydrogen-bond acceptors (Lipinski definition) is 6. The summed E-state index contributed by atoms with van der Waals surface area (Å²) in [7, 11) is 0. The Bertz CT molecular complexity index is 932. The molecule has 0 spiro atoms. The summed E-state index contributed by atoms with van der Waals surface area (Å²) in [6, 6.07) is 2.62. The number of nitrogens with one attached hydrogen (secondary N) is 2. The number of likely N-dealkylation sites (tertiary alicyclic amines) is 1. The van der Waals surface area contributed by atoms with E-state index in [4.69, 9.17) is 5.10 Å². The molecular weight excluding hydrogens is 390 g/mol. The first-order valence-electron chi connectivity index (χ1n) is 11.6. The lowest BCUT2D eigenvalue weighted by Crippen LogP contribution is -2.49. The Labute approximate surface area is 185 Å². The number of aromatic nitrogens is 4. The van der Waals surface area contributed by atoms with Crippen LogP contribution in [0, 0.1) is 0 Å². The van der Waals surface area contributed by atoms with Crippen LogP contribution in [0.2, 0.25) is 0 Å². The van der Waals surface area contributed by atoms with Crippen molar-refractivity contribution < 1.29 is 4.79 Å². The number of fused-ring (bicyclic) bond motifs is 1. The molecule has 1 atom stereocenters. The number of rotatable bonds is 4. The van der Waals surface area contributed by atoms with E-state index in [0.29, 0.717) is 18.0 Å². The molecule has 1 aliphatic carbocycles. The van der Waals surface area contributed by atoms with Gasteiger partial charge in [0.2, 0.25) is 11.9 Å². The lowest BCUT2D eigenvalue weighted by molar-refractivity contribution is -0.131. The molecule has 0 aromatic carbocycles. The van der Waals surface area contributed by atoms with Gasteiger partial charge in [-0.3, -0.25) is 4.79 Å². The number of nitrogens with zero attached hydrogens (tertiary/aromatic N) is 5. The van der Waals surface area contributed by atoms with Crippen molar-refractivity contribution in [3.05, 3.63) is 18.1 Å². The maximum atomic E-state index is 13.2. The zero-order chi connectivity index (χ0) is 22.4. The van der Waals surface area contributed by atoms with Crippen molar-refractivity contribution in [3.8, 4) is 0 Å². The summed E-state index contributed by atoms with van der Waals surface area (Å²) in [6.45, 7) is 13.8. The van der Waals surface area contributed by atoms with Crippen LogP contribution in [0.1, 0.15) is 79.3 Å². The molecule has 4 rings (SSSR count). The highest BCUT2D eigenvalue weighted by atomic mass is 16.2. The molecule has 31 heavy (non-hydrogen) atoms. The molecule has 8 nitrogen and oxygen atoms in total. The SMILES string of the molecule is CC(C)(C)NC1CCC(N2CCC(Nc3ncnc4cc(C(C)(C)C)nn34)C2=O)CC1. The van der Waals surface area contributed by atoms with Crippen molar-refractivity contribution in [2.45, 2.75) is 103 Å². The van der Waals surface area contributed by atoms with Gasteiger partial charge in [0.25, 0.3) is 0 Å². The van der Waals surface area contributed by atoms with E-state index in [-0.39, 0.29) is 22.9 Å².